The molecule has 0 bridgehead atoms. The molecule has 1 aromatic heterocycles. The lowest BCUT2D eigenvalue weighted by molar-refractivity contribution is -0.0498. The first-order chi connectivity index (χ1) is 12.8. The fraction of sp³-hybridized carbons (Fsp3) is 0.421. The number of halogens is 2. The largest absolute Gasteiger partial charge is 0.466 e. The van der Waals surface area contributed by atoms with Gasteiger partial charge in [0.25, 0.3) is 0 Å². The summed E-state index contributed by atoms with van der Waals surface area (Å²) in [6.45, 7) is 2.03. The molecule has 1 atom stereocenters. The Bertz CT molecular complexity index is 716. The Morgan fingerprint density at radius 2 is 2.04 bits per heavy atom. The molecule has 27 heavy (non-hydrogen) atoms. The summed E-state index contributed by atoms with van der Waals surface area (Å²) in [6, 6.07) is 9.86. The molecule has 8 heteroatoms. The second kappa shape index (κ2) is 9.36. The molecule has 0 spiro atoms. The molecule has 0 aliphatic rings. The summed E-state index contributed by atoms with van der Waals surface area (Å²) < 4.78 is 34.1. The molecular weight excluding hydrogens is 356 g/mol. The minimum Gasteiger partial charge on any atom is -0.466 e. The van der Waals surface area contributed by atoms with Crippen LogP contribution in [0.5, 0.6) is 5.75 Å². The highest BCUT2D eigenvalue weighted by molar-refractivity contribution is 5.79. The van der Waals surface area contributed by atoms with E-state index in [1.165, 1.54) is 18.4 Å². The fourth-order valence-electron chi connectivity index (χ4n) is 2.49. The molecule has 2 N–H and O–H groups in total. The highest BCUT2D eigenvalue weighted by Gasteiger charge is 2.26. The molecule has 6 nitrogen and oxygen atoms in total. The number of benzene rings is 1. The summed E-state index contributed by atoms with van der Waals surface area (Å²) in [7, 11) is 1.85. The molecule has 148 valence electrons. The number of nitrogens with one attached hydrogen (secondary N) is 1. The van der Waals surface area contributed by atoms with Crippen molar-refractivity contribution in [1.29, 1.82) is 0 Å². The maximum Gasteiger partial charge on any atom is 0.387 e. The summed E-state index contributed by atoms with van der Waals surface area (Å²) in [5.41, 5.74) is -0.318. The SMILES string of the molecule is CCNC(=NCC(C)(O)c1ccco1)N(C)Cc1ccc(OC(F)F)cc1. The van der Waals surface area contributed by atoms with Crippen molar-refractivity contribution in [2.45, 2.75) is 32.6 Å². The monoisotopic (exact) mass is 381 g/mol. The number of nitrogens with zero attached hydrogens (tertiary/aromatic N) is 2. The normalized spacial score (nSPS) is 14.1. The highest BCUT2D eigenvalue weighted by atomic mass is 19.3. The lowest BCUT2D eigenvalue weighted by atomic mass is 10.0. The van der Waals surface area contributed by atoms with E-state index in [4.69, 9.17) is 4.42 Å². The molecule has 0 saturated carbocycles. The van der Waals surface area contributed by atoms with Crippen LogP contribution in [0.1, 0.15) is 25.2 Å². The molecule has 0 radical (unpaired) electrons. The van der Waals surface area contributed by atoms with Crippen LogP contribution < -0.4 is 10.1 Å². The quantitative estimate of drug-likeness (QED) is 0.543. The van der Waals surface area contributed by atoms with Crippen molar-refractivity contribution in [2.75, 3.05) is 20.1 Å². The van der Waals surface area contributed by atoms with Crippen molar-refractivity contribution in [1.82, 2.24) is 10.2 Å². The molecule has 2 rings (SSSR count). The number of alkyl halides is 2. The first-order valence-corrected chi connectivity index (χ1v) is 8.61. The third-order valence-electron chi connectivity index (χ3n) is 3.85. The fourth-order valence-corrected chi connectivity index (χ4v) is 2.49. The van der Waals surface area contributed by atoms with Crippen LogP contribution >= 0.6 is 0 Å². The minimum atomic E-state index is -2.84. The van der Waals surface area contributed by atoms with Crippen LogP contribution in [0.25, 0.3) is 0 Å². The van der Waals surface area contributed by atoms with Gasteiger partial charge in [-0.25, -0.2) is 4.99 Å². The first-order valence-electron chi connectivity index (χ1n) is 8.61. The summed E-state index contributed by atoms with van der Waals surface area (Å²) in [5, 5.41) is 13.7. The van der Waals surface area contributed by atoms with Gasteiger partial charge in [-0.1, -0.05) is 12.1 Å². The Hall–Kier alpha value is -2.61. The number of guanidine groups is 1. The molecule has 1 unspecified atom stereocenters. The van der Waals surface area contributed by atoms with Gasteiger partial charge in [-0.2, -0.15) is 8.78 Å². The van der Waals surface area contributed by atoms with Gasteiger partial charge < -0.3 is 24.5 Å². The van der Waals surface area contributed by atoms with E-state index in [0.717, 1.165) is 5.56 Å². The predicted octanol–water partition coefficient (Wildman–Crippen LogP) is 3.19. The van der Waals surface area contributed by atoms with Gasteiger partial charge >= 0.3 is 6.61 Å². The number of furan rings is 1. The van der Waals surface area contributed by atoms with E-state index in [1.54, 1.807) is 31.2 Å². The Balaban J connectivity index is 2.04. The molecule has 0 amide bonds. The van der Waals surface area contributed by atoms with E-state index in [0.29, 0.717) is 24.8 Å². The summed E-state index contributed by atoms with van der Waals surface area (Å²) in [6.07, 6.45) is 1.51. The molecule has 2 aromatic rings. The smallest absolute Gasteiger partial charge is 0.387 e. The van der Waals surface area contributed by atoms with Crippen molar-refractivity contribution in [3.63, 3.8) is 0 Å². The standard InChI is InChI=1S/C19H25F2N3O3/c1-4-22-18(23-13-19(2,25)16-6-5-11-26-16)24(3)12-14-7-9-15(10-8-14)27-17(20)21/h5-11,17,25H,4,12-13H2,1-3H3,(H,22,23). The predicted molar refractivity (Wildman–Crippen MR) is 98.8 cm³/mol. The van der Waals surface area contributed by atoms with Crippen LogP contribution in [0.4, 0.5) is 8.78 Å². The van der Waals surface area contributed by atoms with Gasteiger partial charge in [-0.15, -0.1) is 0 Å². The molecule has 0 aliphatic heterocycles. The zero-order valence-electron chi connectivity index (χ0n) is 15.7. The summed E-state index contributed by atoms with van der Waals surface area (Å²) >= 11 is 0. The number of hydrogen-bond acceptors (Lipinski definition) is 4. The second-order valence-electron chi connectivity index (χ2n) is 6.30. The zero-order valence-corrected chi connectivity index (χ0v) is 15.7. The van der Waals surface area contributed by atoms with Crippen LogP contribution in [0.2, 0.25) is 0 Å². The summed E-state index contributed by atoms with van der Waals surface area (Å²) in [5.74, 6) is 1.17. The number of aliphatic hydroxyl groups is 1. The van der Waals surface area contributed by atoms with E-state index < -0.39 is 12.2 Å². The molecule has 1 aromatic carbocycles. The van der Waals surface area contributed by atoms with Gasteiger partial charge in [-0.3, -0.25) is 0 Å². The molecule has 0 aliphatic carbocycles. The van der Waals surface area contributed by atoms with E-state index in [2.05, 4.69) is 15.0 Å². The lowest BCUT2D eigenvalue weighted by Crippen LogP contribution is -2.39. The van der Waals surface area contributed by atoms with Crippen molar-refractivity contribution in [3.05, 3.63) is 54.0 Å². The molecule has 0 fully saturated rings. The van der Waals surface area contributed by atoms with Crippen molar-refractivity contribution >= 4 is 5.96 Å². The van der Waals surface area contributed by atoms with Gasteiger partial charge in [0.05, 0.1) is 12.8 Å². The van der Waals surface area contributed by atoms with E-state index in [9.17, 15) is 13.9 Å². The highest BCUT2D eigenvalue weighted by Crippen LogP contribution is 2.21. The van der Waals surface area contributed by atoms with Crippen molar-refractivity contribution < 1.29 is 23.0 Å². The number of ether oxygens (including phenoxy) is 1. The van der Waals surface area contributed by atoms with Gasteiger partial charge in [0.2, 0.25) is 0 Å². The number of hydrogen-bond donors (Lipinski definition) is 2. The van der Waals surface area contributed by atoms with Crippen molar-refractivity contribution in [3.8, 4) is 5.75 Å². The van der Waals surface area contributed by atoms with Gasteiger partial charge in [-0.05, 0) is 43.7 Å². The molecular formula is C19H25F2N3O3. The molecule has 0 saturated heterocycles. The average Bonchev–Trinajstić information content (AvgIpc) is 3.15. The van der Waals surface area contributed by atoms with Crippen molar-refractivity contribution in [2.24, 2.45) is 4.99 Å². The van der Waals surface area contributed by atoms with Crippen LogP contribution in [-0.4, -0.2) is 42.7 Å². The Morgan fingerprint density at radius 1 is 1.33 bits per heavy atom. The third-order valence-corrected chi connectivity index (χ3v) is 3.85. The summed E-state index contributed by atoms with van der Waals surface area (Å²) in [4.78, 5) is 6.37. The van der Waals surface area contributed by atoms with Gasteiger partial charge in [0, 0.05) is 20.1 Å². The topological polar surface area (TPSA) is 70.2 Å². The van der Waals surface area contributed by atoms with E-state index >= 15 is 0 Å². The second-order valence-corrected chi connectivity index (χ2v) is 6.30. The number of rotatable bonds is 8. The van der Waals surface area contributed by atoms with Gasteiger partial charge in [0.15, 0.2) is 5.96 Å². The maximum absolute atomic E-state index is 12.2. The van der Waals surface area contributed by atoms with Gasteiger partial charge in [0.1, 0.15) is 17.1 Å². The zero-order chi connectivity index (χ0) is 19.9. The minimum absolute atomic E-state index is 0.117. The van der Waals surface area contributed by atoms with Crippen LogP contribution in [0.3, 0.4) is 0 Å². The molecule has 1 heterocycles. The first kappa shape index (κ1) is 20.7. The number of aliphatic imine (C=N–C) groups is 1. The van der Waals surface area contributed by atoms with Crippen LogP contribution in [0, 0.1) is 0 Å². The van der Waals surface area contributed by atoms with E-state index in [-0.39, 0.29) is 12.3 Å². The van der Waals surface area contributed by atoms with E-state index in [1.807, 2.05) is 18.9 Å². The Labute approximate surface area is 157 Å². The average molecular weight is 381 g/mol. The maximum atomic E-state index is 12.2. The third kappa shape index (κ3) is 6.25. The van der Waals surface area contributed by atoms with Crippen LogP contribution in [0.15, 0.2) is 52.1 Å². The Morgan fingerprint density at radius 3 is 2.59 bits per heavy atom. The lowest BCUT2D eigenvalue weighted by Gasteiger charge is -2.24. The van der Waals surface area contributed by atoms with Crippen LogP contribution in [-0.2, 0) is 12.1 Å². The Kier molecular flexibility index (Phi) is 7.18.